The molecule has 1 atom stereocenters. The van der Waals surface area contributed by atoms with E-state index in [0.29, 0.717) is 6.61 Å². The van der Waals surface area contributed by atoms with E-state index in [0.717, 1.165) is 22.9 Å². The first-order valence-electron chi connectivity index (χ1n) is 4.45. The summed E-state index contributed by atoms with van der Waals surface area (Å²) in [7, 11) is 1.68. The first kappa shape index (κ1) is 12.0. The first-order valence-corrected chi connectivity index (χ1v) is 6.73. The van der Waals surface area contributed by atoms with Crippen molar-refractivity contribution >= 4 is 23.1 Å². The SMILES string of the molecule is COCc1nc(C(N)CCSC)cs1. The van der Waals surface area contributed by atoms with E-state index in [-0.39, 0.29) is 6.04 Å². The van der Waals surface area contributed by atoms with Gasteiger partial charge in [0.25, 0.3) is 0 Å². The van der Waals surface area contributed by atoms with Gasteiger partial charge >= 0.3 is 0 Å². The molecule has 3 nitrogen and oxygen atoms in total. The van der Waals surface area contributed by atoms with Crippen LogP contribution in [0.3, 0.4) is 0 Å². The third-order valence-corrected chi connectivity index (χ3v) is 3.33. The van der Waals surface area contributed by atoms with Gasteiger partial charge in [-0.1, -0.05) is 0 Å². The van der Waals surface area contributed by atoms with Crippen LogP contribution in [0.15, 0.2) is 5.38 Å². The summed E-state index contributed by atoms with van der Waals surface area (Å²) in [6.45, 7) is 0.583. The predicted octanol–water partition coefficient (Wildman–Crippen LogP) is 2.04. The molecule has 1 aromatic rings. The number of thiazole rings is 1. The zero-order valence-corrected chi connectivity index (χ0v) is 10.2. The number of aromatic nitrogens is 1. The molecular weight excluding hydrogens is 216 g/mol. The molecule has 0 radical (unpaired) electrons. The number of rotatable bonds is 6. The highest BCUT2D eigenvalue weighted by molar-refractivity contribution is 7.98. The maximum atomic E-state index is 5.98. The fraction of sp³-hybridized carbons (Fsp3) is 0.667. The first-order chi connectivity index (χ1) is 6.77. The molecule has 1 aromatic heterocycles. The number of hydrogen-bond acceptors (Lipinski definition) is 5. The smallest absolute Gasteiger partial charge is 0.119 e. The molecule has 0 fully saturated rings. The monoisotopic (exact) mass is 232 g/mol. The van der Waals surface area contributed by atoms with Gasteiger partial charge in [0.1, 0.15) is 5.01 Å². The molecule has 5 heteroatoms. The van der Waals surface area contributed by atoms with Crippen LogP contribution in [-0.2, 0) is 11.3 Å². The second-order valence-electron chi connectivity index (χ2n) is 2.99. The minimum Gasteiger partial charge on any atom is -0.378 e. The van der Waals surface area contributed by atoms with Crippen molar-refractivity contribution in [2.24, 2.45) is 5.73 Å². The van der Waals surface area contributed by atoms with E-state index in [1.165, 1.54) is 0 Å². The number of nitrogens with two attached hydrogens (primary N) is 1. The highest BCUT2D eigenvalue weighted by Crippen LogP contribution is 2.19. The average molecular weight is 232 g/mol. The number of methoxy groups -OCH3 is 1. The zero-order valence-electron chi connectivity index (χ0n) is 8.53. The molecule has 0 aliphatic carbocycles. The van der Waals surface area contributed by atoms with Crippen molar-refractivity contribution < 1.29 is 4.74 Å². The van der Waals surface area contributed by atoms with Gasteiger partial charge in [-0.3, -0.25) is 0 Å². The van der Waals surface area contributed by atoms with Crippen LogP contribution in [-0.4, -0.2) is 24.1 Å². The topological polar surface area (TPSA) is 48.1 Å². The van der Waals surface area contributed by atoms with Gasteiger partial charge in [-0.15, -0.1) is 11.3 Å². The molecule has 1 heterocycles. The van der Waals surface area contributed by atoms with Crippen molar-refractivity contribution in [1.29, 1.82) is 0 Å². The molecule has 0 aliphatic heterocycles. The Balaban J connectivity index is 2.48. The minimum absolute atomic E-state index is 0.0734. The quantitative estimate of drug-likeness (QED) is 0.815. The van der Waals surface area contributed by atoms with Crippen LogP contribution in [0.5, 0.6) is 0 Å². The fourth-order valence-corrected chi connectivity index (χ4v) is 2.40. The Morgan fingerprint density at radius 1 is 1.71 bits per heavy atom. The maximum absolute atomic E-state index is 5.98. The summed E-state index contributed by atoms with van der Waals surface area (Å²) >= 11 is 3.43. The lowest BCUT2D eigenvalue weighted by atomic mass is 10.2. The standard InChI is InChI=1S/C9H16N2OS2/c1-12-5-9-11-8(6-14-9)7(10)3-4-13-2/h6-7H,3-5,10H2,1-2H3. The van der Waals surface area contributed by atoms with Crippen LogP contribution < -0.4 is 5.73 Å². The van der Waals surface area contributed by atoms with E-state index in [4.69, 9.17) is 10.5 Å². The van der Waals surface area contributed by atoms with Gasteiger partial charge in [0.05, 0.1) is 12.3 Å². The van der Waals surface area contributed by atoms with Crippen molar-refractivity contribution in [2.75, 3.05) is 19.1 Å². The Bertz CT molecular complexity index is 265. The average Bonchev–Trinajstić information content (AvgIpc) is 2.63. The van der Waals surface area contributed by atoms with E-state index in [2.05, 4.69) is 11.2 Å². The number of nitrogens with zero attached hydrogens (tertiary/aromatic N) is 1. The Labute approximate surface area is 93.1 Å². The van der Waals surface area contributed by atoms with Crippen molar-refractivity contribution in [3.05, 3.63) is 16.1 Å². The predicted molar refractivity (Wildman–Crippen MR) is 62.8 cm³/mol. The van der Waals surface area contributed by atoms with Gasteiger partial charge in [-0.2, -0.15) is 11.8 Å². The van der Waals surface area contributed by atoms with E-state index < -0.39 is 0 Å². The van der Waals surface area contributed by atoms with E-state index in [1.807, 2.05) is 17.1 Å². The van der Waals surface area contributed by atoms with Crippen molar-refractivity contribution in [3.8, 4) is 0 Å². The molecule has 0 aromatic carbocycles. The van der Waals surface area contributed by atoms with Gasteiger partial charge in [0.15, 0.2) is 0 Å². The normalized spacial score (nSPS) is 13.1. The second-order valence-corrected chi connectivity index (χ2v) is 4.92. The molecule has 1 unspecified atom stereocenters. The zero-order chi connectivity index (χ0) is 10.4. The Kier molecular flexibility index (Phi) is 5.47. The van der Waals surface area contributed by atoms with Crippen molar-refractivity contribution in [2.45, 2.75) is 19.1 Å². The lowest BCUT2D eigenvalue weighted by Crippen LogP contribution is -2.11. The van der Waals surface area contributed by atoms with E-state index >= 15 is 0 Å². The van der Waals surface area contributed by atoms with Crippen LogP contribution in [0, 0.1) is 0 Å². The maximum Gasteiger partial charge on any atom is 0.119 e. The van der Waals surface area contributed by atoms with Gasteiger partial charge in [0.2, 0.25) is 0 Å². The molecule has 0 saturated heterocycles. The molecule has 0 aliphatic rings. The van der Waals surface area contributed by atoms with E-state index in [9.17, 15) is 0 Å². The van der Waals surface area contributed by atoms with Gasteiger partial charge < -0.3 is 10.5 Å². The molecular formula is C9H16N2OS2. The van der Waals surface area contributed by atoms with Crippen LogP contribution in [0.2, 0.25) is 0 Å². The Hall–Kier alpha value is -0.100. The Morgan fingerprint density at radius 2 is 2.50 bits per heavy atom. The molecule has 80 valence electrons. The number of thioether (sulfide) groups is 1. The number of ether oxygens (including phenoxy) is 1. The van der Waals surface area contributed by atoms with Crippen LogP contribution in [0.1, 0.15) is 23.2 Å². The summed E-state index contributed by atoms with van der Waals surface area (Å²) in [4.78, 5) is 4.41. The fourth-order valence-electron chi connectivity index (χ4n) is 1.08. The van der Waals surface area contributed by atoms with Gasteiger partial charge in [-0.05, 0) is 18.4 Å². The van der Waals surface area contributed by atoms with Crippen LogP contribution in [0.4, 0.5) is 0 Å². The lowest BCUT2D eigenvalue weighted by Gasteiger charge is -2.06. The lowest BCUT2D eigenvalue weighted by molar-refractivity contribution is 0.184. The molecule has 0 amide bonds. The van der Waals surface area contributed by atoms with Gasteiger partial charge in [0, 0.05) is 18.5 Å². The third kappa shape index (κ3) is 3.57. The highest BCUT2D eigenvalue weighted by Gasteiger charge is 2.09. The number of hydrogen-bond donors (Lipinski definition) is 1. The molecule has 0 saturated carbocycles. The summed E-state index contributed by atoms with van der Waals surface area (Å²) in [6, 6.07) is 0.0734. The highest BCUT2D eigenvalue weighted by atomic mass is 32.2. The van der Waals surface area contributed by atoms with Gasteiger partial charge in [-0.25, -0.2) is 4.98 Å². The summed E-state index contributed by atoms with van der Waals surface area (Å²) in [5.74, 6) is 1.08. The molecule has 0 spiro atoms. The minimum atomic E-state index is 0.0734. The van der Waals surface area contributed by atoms with Crippen LogP contribution in [0.25, 0.3) is 0 Å². The van der Waals surface area contributed by atoms with E-state index in [1.54, 1.807) is 18.4 Å². The second kappa shape index (κ2) is 6.40. The molecule has 2 N–H and O–H groups in total. The van der Waals surface area contributed by atoms with Crippen LogP contribution >= 0.6 is 23.1 Å². The summed E-state index contributed by atoms with van der Waals surface area (Å²) in [6.07, 6.45) is 3.07. The largest absolute Gasteiger partial charge is 0.378 e. The summed E-state index contributed by atoms with van der Waals surface area (Å²) < 4.78 is 5.01. The van der Waals surface area contributed by atoms with Crippen molar-refractivity contribution in [3.63, 3.8) is 0 Å². The molecule has 14 heavy (non-hydrogen) atoms. The summed E-state index contributed by atoms with van der Waals surface area (Å²) in [5, 5.41) is 3.03. The molecule has 1 rings (SSSR count). The Morgan fingerprint density at radius 3 is 3.14 bits per heavy atom. The van der Waals surface area contributed by atoms with Crippen molar-refractivity contribution in [1.82, 2.24) is 4.98 Å². The third-order valence-electron chi connectivity index (χ3n) is 1.85. The molecule has 0 bridgehead atoms. The summed E-state index contributed by atoms with van der Waals surface area (Å²) in [5.41, 5.74) is 6.98.